The minimum Gasteiger partial charge on any atom is -0.280 e. The van der Waals surface area contributed by atoms with E-state index in [1.165, 1.54) is 0 Å². The average molecular weight is 233 g/mol. The van der Waals surface area contributed by atoms with Crippen molar-refractivity contribution in [2.75, 3.05) is 0 Å². The maximum atomic E-state index is 10.7. The number of hydrogen-bond donors (Lipinski definition) is 0. The highest BCUT2D eigenvalue weighted by Crippen LogP contribution is 2.24. The zero-order valence-electron chi connectivity index (χ0n) is 5.63. The fraction of sp³-hybridized carbons (Fsp3) is 0.125. The van der Waals surface area contributed by atoms with Crippen molar-refractivity contribution in [3.05, 3.63) is 35.9 Å². The van der Waals surface area contributed by atoms with Crippen LogP contribution in [0.1, 0.15) is 10.4 Å². The van der Waals surface area contributed by atoms with Crippen molar-refractivity contribution in [2.24, 2.45) is 0 Å². The Morgan fingerprint density at radius 2 is 1.91 bits per heavy atom. The molecular weight excluding hydrogens is 227 g/mol. The quantitative estimate of drug-likeness (QED) is 0.567. The Morgan fingerprint density at radius 1 is 1.36 bits per heavy atom. The zero-order valence-corrected chi connectivity index (χ0v) is 7.97. The number of rotatable bonds is 2. The molecule has 0 saturated heterocycles. The molecule has 0 bridgehead atoms. The van der Waals surface area contributed by atoms with Gasteiger partial charge in [-0.1, -0.05) is 46.3 Å². The molecular formula is C8H6BrClO. The van der Waals surface area contributed by atoms with Gasteiger partial charge in [-0.3, -0.25) is 4.79 Å². The van der Waals surface area contributed by atoms with E-state index >= 15 is 0 Å². The highest BCUT2D eigenvalue weighted by molar-refractivity contribution is 9.09. The molecule has 1 rings (SSSR count). The van der Waals surface area contributed by atoms with Gasteiger partial charge >= 0.3 is 0 Å². The lowest BCUT2D eigenvalue weighted by Gasteiger charge is -2.02. The Morgan fingerprint density at radius 3 is 2.36 bits per heavy atom. The van der Waals surface area contributed by atoms with Gasteiger partial charge in [-0.05, 0) is 17.2 Å². The van der Waals surface area contributed by atoms with Crippen molar-refractivity contribution in [3.8, 4) is 0 Å². The minimum absolute atomic E-state index is 0.384. The standard InChI is InChI=1S/C8H6BrClO/c9-7(8(10)11)6-4-2-1-3-5-6/h1-5,7H/t7-/m0/s1. The van der Waals surface area contributed by atoms with Gasteiger partial charge < -0.3 is 0 Å². The fourth-order valence-corrected chi connectivity index (χ4v) is 1.18. The summed E-state index contributed by atoms with van der Waals surface area (Å²) in [6.07, 6.45) is 0. The van der Waals surface area contributed by atoms with Crippen LogP contribution in [0.3, 0.4) is 0 Å². The van der Waals surface area contributed by atoms with E-state index in [4.69, 9.17) is 11.6 Å². The summed E-state index contributed by atoms with van der Waals surface area (Å²) >= 11 is 8.45. The summed E-state index contributed by atoms with van der Waals surface area (Å²) < 4.78 is 0. The number of benzene rings is 1. The van der Waals surface area contributed by atoms with Crippen molar-refractivity contribution in [1.82, 2.24) is 0 Å². The molecule has 0 heterocycles. The number of hydrogen-bond acceptors (Lipinski definition) is 1. The molecule has 58 valence electrons. The van der Waals surface area contributed by atoms with Crippen LogP contribution in [-0.2, 0) is 4.79 Å². The summed E-state index contributed by atoms with van der Waals surface area (Å²) in [4.78, 5) is 10.3. The number of carbonyl (C=O) groups is 1. The summed E-state index contributed by atoms with van der Waals surface area (Å²) in [7, 11) is 0. The highest BCUT2D eigenvalue weighted by Gasteiger charge is 2.12. The zero-order chi connectivity index (χ0) is 8.27. The molecule has 0 fully saturated rings. The molecule has 11 heavy (non-hydrogen) atoms. The smallest absolute Gasteiger partial charge is 0.239 e. The molecule has 0 aliphatic carbocycles. The van der Waals surface area contributed by atoms with Gasteiger partial charge in [0.1, 0.15) is 4.83 Å². The van der Waals surface area contributed by atoms with Crippen LogP contribution in [0.15, 0.2) is 30.3 Å². The first-order valence-corrected chi connectivity index (χ1v) is 4.39. The first kappa shape index (κ1) is 8.75. The van der Waals surface area contributed by atoms with Crippen molar-refractivity contribution < 1.29 is 4.79 Å². The van der Waals surface area contributed by atoms with Crippen LogP contribution in [-0.4, -0.2) is 5.24 Å². The molecule has 0 radical (unpaired) electrons. The van der Waals surface area contributed by atoms with Crippen molar-refractivity contribution in [2.45, 2.75) is 4.83 Å². The van der Waals surface area contributed by atoms with Gasteiger partial charge in [0.2, 0.25) is 5.24 Å². The summed E-state index contributed by atoms with van der Waals surface area (Å²) in [5.41, 5.74) is 0.882. The molecule has 1 aromatic carbocycles. The molecule has 0 N–H and O–H groups in total. The Kier molecular flexibility index (Phi) is 3.09. The molecule has 0 spiro atoms. The second-order valence-electron chi connectivity index (χ2n) is 2.08. The normalized spacial score (nSPS) is 12.5. The van der Waals surface area contributed by atoms with Gasteiger partial charge in [0.05, 0.1) is 0 Å². The van der Waals surface area contributed by atoms with E-state index in [1.54, 1.807) is 0 Å². The second-order valence-corrected chi connectivity index (χ2v) is 3.37. The van der Waals surface area contributed by atoms with Crippen LogP contribution in [0, 0.1) is 0 Å². The van der Waals surface area contributed by atoms with E-state index in [0.717, 1.165) is 5.56 Å². The van der Waals surface area contributed by atoms with E-state index in [1.807, 2.05) is 30.3 Å². The first-order valence-electron chi connectivity index (χ1n) is 3.10. The third kappa shape index (κ3) is 2.31. The Bertz CT molecular complexity index is 248. The topological polar surface area (TPSA) is 17.1 Å². The van der Waals surface area contributed by atoms with Crippen LogP contribution in [0.5, 0.6) is 0 Å². The predicted molar refractivity (Wildman–Crippen MR) is 49.0 cm³/mol. The Hall–Kier alpha value is -0.340. The molecule has 0 amide bonds. The highest BCUT2D eigenvalue weighted by atomic mass is 79.9. The predicted octanol–water partition coefficient (Wildman–Crippen LogP) is 2.89. The van der Waals surface area contributed by atoms with Crippen LogP contribution in [0.2, 0.25) is 0 Å². The SMILES string of the molecule is O=C(Cl)[C@@H](Br)c1ccccc1. The van der Waals surface area contributed by atoms with Crippen molar-refractivity contribution >= 4 is 32.8 Å². The van der Waals surface area contributed by atoms with Gasteiger partial charge in [0.25, 0.3) is 0 Å². The molecule has 3 heteroatoms. The maximum Gasteiger partial charge on any atom is 0.239 e. The fourth-order valence-electron chi connectivity index (χ4n) is 0.753. The molecule has 0 unspecified atom stereocenters. The van der Waals surface area contributed by atoms with Crippen LogP contribution >= 0.6 is 27.5 Å². The van der Waals surface area contributed by atoms with Crippen molar-refractivity contribution in [1.29, 1.82) is 0 Å². The lowest BCUT2D eigenvalue weighted by Crippen LogP contribution is -1.97. The molecule has 0 aliphatic rings. The van der Waals surface area contributed by atoms with E-state index in [9.17, 15) is 4.79 Å². The summed E-state index contributed by atoms with van der Waals surface area (Å²) in [6, 6.07) is 9.31. The van der Waals surface area contributed by atoms with E-state index in [0.29, 0.717) is 0 Å². The first-order chi connectivity index (χ1) is 5.22. The molecule has 0 saturated carbocycles. The van der Waals surface area contributed by atoms with Gasteiger partial charge in [0.15, 0.2) is 0 Å². The van der Waals surface area contributed by atoms with Gasteiger partial charge in [-0.2, -0.15) is 0 Å². The molecule has 1 atom stereocenters. The maximum absolute atomic E-state index is 10.7. The summed E-state index contributed by atoms with van der Waals surface area (Å²) in [6.45, 7) is 0. The lowest BCUT2D eigenvalue weighted by molar-refractivity contribution is -0.111. The number of carbonyl (C=O) groups excluding carboxylic acids is 1. The Labute approximate surface area is 78.5 Å². The van der Waals surface area contributed by atoms with E-state index in [2.05, 4.69) is 15.9 Å². The van der Waals surface area contributed by atoms with Crippen molar-refractivity contribution in [3.63, 3.8) is 0 Å². The van der Waals surface area contributed by atoms with E-state index in [-0.39, 0.29) is 4.83 Å². The largest absolute Gasteiger partial charge is 0.280 e. The van der Waals surface area contributed by atoms with Gasteiger partial charge in [-0.15, -0.1) is 0 Å². The molecule has 0 aliphatic heterocycles. The molecule has 0 aromatic heterocycles. The minimum atomic E-state index is -0.392. The van der Waals surface area contributed by atoms with Gasteiger partial charge in [0, 0.05) is 0 Å². The van der Waals surface area contributed by atoms with Crippen LogP contribution in [0.25, 0.3) is 0 Å². The average Bonchev–Trinajstić information content (AvgIpc) is 2.05. The van der Waals surface area contributed by atoms with Crippen LogP contribution in [0.4, 0.5) is 0 Å². The van der Waals surface area contributed by atoms with Crippen LogP contribution < -0.4 is 0 Å². The third-order valence-corrected chi connectivity index (χ3v) is 2.72. The second kappa shape index (κ2) is 3.88. The monoisotopic (exact) mass is 232 g/mol. The summed E-state index contributed by atoms with van der Waals surface area (Å²) in [5.74, 6) is 0. The van der Waals surface area contributed by atoms with Gasteiger partial charge in [-0.25, -0.2) is 0 Å². The number of alkyl halides is 1. The van der Waals surface area contributed by atoms with E-state index < -0.39 is 5.24 Å². The molecule has 1 aromatic rings. The Balaban J connectivity index is 2.85. The summed E-state index contributed by atoms with van der Waals surface area (Å²) in [5, 5.41) is -0.392. The lowest BCUT2D eigenvalue weighted by atomic mass is 10.2. The molecule has 1 nitrogen and oxygen atoms in total. The number of halogens is 2. The third-order valence-electron chi connectivity index (χ3n) is 1.29.